The largest absolute Gasteiger partial charge is 0.368 e. The lowest BCUT2D eigenvalue weighted by atomic mass is 10.0. The Labute approximate surface area is 77.2 Å². The van der Waals surface area contributed by atoms with Crippen molar-refractivity contribution in [2.45, 2.75) is 26.7 Å². The molecule has 0 aliphatic carbocycles. The molecule has 1 rings (SSSR count). The van der Waals surface area contributed by atoms with Gasteiger partial charge in [0.15, 0.2) is 0 Å². The molecular formula is C9H13N3O. The van der Waals surface area contributed by atoms with Gasteiger partial charge in [0.25, 0.3) is 0 Å². The maximum atomic E-state index is 11.1. The van der Waals surface area contributed by atoms with E-state index in [9.17, 15) is 4.79 Å². The molecule has 0 fully saturated rings. The molecule has 0 aliphatic rings. The van der Waals surface area contributed by atoms with Crippen LogP contribution in [0.2, 0.25) is 0 Å². The van der Waals surface area contributed by atoms with Crippen LogP contribution in [0.15, 0.2) is 6.07 Å². The van der Waals surface area contributed by atoms with Crippen molar-refractivity contribution in [3.63, 3.8) is 0 Å². The van der Waals surface area contributed by atoms with Gasteiger partial charge in [-0.3, -0.25) is 4.79 Å². The summed E-state index contributed by atoms with van der Waals surface area (Å²) >= 11 is 0. The molecule has 1 aromatic rings. The van der Waals surface area contributed by atoms with Gasteiger partial charge in [-0.25, -0.2) is 9.97 Å². The Morgan fingerprint density at radius 2 is 2.15 bits per heavy atom. The fraction of sp³-hybridized carbons (Fsp3) is 0.444. The van der Waals surface area contributed by atoms with Crippen molar-refractivity contribution in [3.8, 4) is 0 Å². The highest BCUT2D eigenvalue weighted by Gasteiger charge is 2.12. The van der Waals surface area contributed by atoms with Gasteiger partial charge in [-0.1, -0.05) is 0 Å². The Balaban J connectivity index is 3.07. The minimum Gasteiger partial charge on any atom is -0.368 e. The molecule has 0 amide bonds. The normalized spacial score (nSPS) is 12.5. The molecule has 1 aromatic heterocycles. The van der Waals surface area contributed by atoms with Crippen LogP contribution in [-0.4, -0.2) is 15.8 Å². The number of anilines is 1. The first-order valence-electron chi connectivity index (χ1n) is 4.12. The van der Waals surface area contributed by atoms with Crippen LogP contribution in [0.25, 0.3) is 0 Å². The zero-order chi connectivity index (χ0) is 10.0. The molecule has 70 valence electrons. The molecule has 0 aliphatic heterocycles. The third-order valence-corrected chi connectivity index (χ3v) is 1.94. The smallest absolute Gasteiger partial charge is 0.220 e. The maximum absolute atomic E-state index is 11.1. The van der Waals surface area contributed by atoms with Gasteiger partial charge in [0.05, 0.1) is 11.6 Å². The standard InChI is InChI=1S/C9H13N3O/c1-5-4-8(6(2)7(3)13)12-9(10)11-5/h4,6H,1-3H3,(H2,10,11,12). The van der Waals surface area contributed by atoms with E-state index < -0.39 is 0 Å². The van der Waals surface area contributed by atoms with Gasteiger partial charge in [0, 0.05) is 5.69 Å². The lowest BCUT2D eigenvalue weighted by Gasteiger charge is -2.07. The van der Waals surface area contributed by atoms with Crippen LogP contribution < -0.4 is 5.73 Å². The SMILES string of the molecule is CC(=O)C(C)c1cc(C)nc(N)n1. The third-order valence-electron chi connectivity index (χ3n) is 1.94. The van der Waals surface area contributed by atoms with E-state index in [1.165, 1.54) is 6.92 Å². The molecule has 4 heteroatoms. The van der Waals surface area contributed by atoms with E-state index >= 15 is 0 Å². The number of carbonyl (C=O) groups is 1. The fourth-order valence-electron chi connectivity index (χ4n) is 1.05. The Bertz CT molecular complexity index is 315. The molecular weight excluding hydrogens is 166 g/mol. The van der Waals surface area contributed by atoms with Gasteiger partial charge < -0.3 is 5.73 Å². The monoisotopic (exact) mass is 179 g/mol. The van der Waals surface area contributed by atoms with Crippen molar-refractivity contribution in [1.29, 1.82) is 0 Å². The number of nitrogen functional groups attached to an aromatic ring is 1. The molecule has 1 heterocycles. The summed E-state index contributed by atoms with van der Waals surface area (Å²) in [5.74, 6) is 0.101. The second kappa shape index (κ2) is 3.51. The molecule has 0 aromatic carbocycles. The van der Waals surface area contributed by atoms with E-state index in [2.05, 4.69) is 9.97 Å². The first kappa shape index (κ1) is 9.64. The fourth-order valence-corrected chi connectivity index (χ4v) is 1.05. The van der Waals surface area contributed by atoms with E-state index in [4.69, 9.17) is 5.73 Å². The van der Waals surface area contributed by atoms with E-state index in [0.717, 1.165) is 5.69 Å². The molecule has 1 unspecified atom stereocenters. The third kappa shape index (κ3) is 2.24. The number of rotatable bonds is 2. The van der Waals surface area contributed by atoms with E-state index in [1.54, 1.807) is 6.07 Å². The van der Waals surface area contributed by atoms with Crippen LogP contribution in [-0.2, 0) is 4.79 Å². The van der Waals surface area contributed by atoms with Crippen molar-refractivity contribution < 1.29 is 4.79 Å². The summed E-state index contributed by atoms with van der Waals surface area (Å²) in [6.45, 7) is 5.18. The van der Waals surface area contributed by atoms with Gasteiger partial charge in [0.1, 0.15) is 5.78 Å². The summed E-state index contributed by atoms with van der Waals surface area (Å²) in [4.78, 5) is 19.0. The lowest BCUT2D eigenvalue weighted by molar-refractivity contribution is -0.118. The van der Waals surface area contributed by atoms with E-state index in [-0.39, 0.29) is 17.6 Å². The number of nitrogens with two attached hydrogens (primary N) is 1. The van der Waals surface area contributed by atoms with Gasteiger partial charge in [-0.05, 0) is 26.8 Å². The highest BCUT2D eigenvalue weighted by atomic mass is 16.1. The molecule has 0 saturated heterocycles. The molecule has 0 spiro atoms. The number of aromatic nitrogens is 2. The second-order valence-corrected chi connectivity index (χ2v) is 3.12. The summed E-state index contributed by atoms with van der Waals surface area (Å²) in [7, 11) is 0. The van der Waals surface area contributed by atoms with Gasteiger partial charge in [0.2, 0.25) is 5.95 Å². The summed E-state index contributed by atoms with van der Waals surface area (Å²) in [6.07, 6.45) is 0. The minimum absolute atomic E-state index is 0.0810. The number of Topliss-reactive ketones (excluding diaryl/α,β-unsaturated/α-hetero) is 1. The van der Waals surface area contributed by atoms with Crippen molar-refractivity contribution >= 4 is 11.7 Å². The Hall–Kier alpha value is -1.45. The van der Waals surface area contributed by atoms with Crippen LogP contribution in [0, 0.1) is 6.92 Å². The predicted molar refractivity (Wildman–Crippen MR) is 50.3 cm³/mol. The quantitative estimate of drug-likeness (QED) is 0.737. The zero-order valence-electron chi connectivity index (χ0n) is 8.03. The summed E-state index contributed by atoms with van der Waals surface area (Å²) in [6, 6.07) is 1.78. The highest BCUT2D eigenvalue weighted by Crippen LogP contribution is 2.14. The molecule has 4 nitrogen and oxygen atoms in total. The van der Waals surface area contributed by atoms with Crippen LogP contribution >= 0.6 is 0 Å². The number of carbonyl (C=O) groups excluding carboxylic acids is 1. The summed E-state index contributed by atoms with van der Waals surface area (Å²) in [5, 5.41) is 0. The Kier molecular flexibility index (Phi) is 2.60. The molecule has 2 N–H and O–H groups in total. The Morgan fingerprint density at radius 1 is 1.54 bits per heavy atom. The number of nitrogens with zero attached hydrogens (tertiary/aromatic N) is 2. The lowest BCUT2D eigenvalue weighted by Crippen LogP contribution is -2.09. The van der Waals surface area contributed by atoms with Crippen LogP contribution in [0.3, 0.4) is 0 Å². The Morgan fingerprint density at radius 3 is 2.62 bits per heavy atom. The first-order chi connectivity index (χ1) is 6.00. The molecule has 0 bridgehead atoms. The summed E-state index contributed by atoms with van der Waals surface area (Å²) in [5.41, 5.74) is 6.94. The van der Waals surface area contributed by atoms with Crippen molar-refractivity contribution in [3.05, 3.63) is 17.5 Å². The second-order valence-electron chi connectivity index (χ2n) is 3.12. The topological polar surface area (TPSA) is 68.9 Å². The average Bonchev–Trinajstić information content (AvgIpc) is 2.01. The predicted octanol–water partition coefficient (Wildman–Crippen LogP) is 1.06. The number of hydrogen-bond acceptors (Lipinski definition) is 4. The van der Waals surface area contributed by atoms with Gasteiger partial charge >= 0.3 is 0 Å². The number of ketones is 1. The number of aryl methyl sites for hydroxylation is 1. The molecule has 1 atom stereocenters. The molecule has 0 saturated carbocycles. The highest BCUT2D eigenvalue weighted by molar-refractivity contribution is 5.82. The van der Waals surface area contributed by atoms with Crippen LogP contribution in [0.1, 0.15) is 31.2 Å². The average molecular weight is 179 g/mol. The van der Waals surface area contributed by atoms with Gasteiger partial charge in [-0.2, -0.15) is 0 Å². The minimum atomic E-state index is -0.205. The zero-order valence-corrected chi connectivity index (χ0v) is 8.03. The first-order valence-corrected chi connectivity index (χ1v) is 4.12. The van der Waals surface area contributed by atoms with Crippen molar-refractivity contribution in [1.82, 2.24) is 9.97 Å². The van der Waals surface area contributed by atoms with E-state index in [1.807, 2.05) is 13.8 Å². The van der Waals surface area contributed by atoms with Crippen molar-refractivity contribution in [2.24, 2.45) is 0 Å². The van der Waals surface area contributed by atoms with E-state index in [0.29, 0.717) is 5.69 Å². The van der Waals surface area contributed by atoms with Crippen LogP contribution in [0.4, 0.5) is 5.95 Å². The summed E-state index contributed by atoms with van der Waals surface area (Å²) < 4.78 is 0. The number of hydrogen-bond donors (Lipinski definition) is 1. The molecule has 0 radical (unpaired) electrons. The molecule has 13 heavy (non-hydrogen) atoms. The van der Waals surface area contributed by atoms with Gasteiger partial charge in [-0.15, -0.1) is 0 Å². The van der Waals surface area contributed by atoms with Crippen LogP contribution in [0.5, 0.6) is 0 Å². The maximum Gasteiger partial charge on any atom is 0.220 e. The van der Waals surface area contributed by atoms with Crippen molar-refractivity contribution in [2.75, 3.05) is 5.73 Å².